The fourth-order valence-corrected chi connectivity index (χ4v) is 4.55. The number of hydrogen-bond acceptors (Lipinski definition) is 3. The summed E-state index contributed by atoms with van der Waals surface area (Å²) in [6.07, 6.45) is 0.624. The molecule has 1 aliphatic rings. The zero-order chi connectivity index (χ0) is 19.3. The van der Waals surface area contributed by atoms with E-state index in [1.807, 2.05) is 91.0 Å². The van der Waals surface area contributed by atoms with E-state index in [2.05, 4.69) is 5.32 Å². The Morgan fingerprint density at radius 1 is 0.857 bits per heavy atom. The minimum Gasteiger partial charge on any atom is -0.307 e. The summed E-state index contributed by atoms with van der Waals surface area (Å²) in [5.74, 6) is -0.361. The molecule has 0 saturated carbocycles. The van der Waals surface area contributed by atoms with Crippen LogP contribution in [0.15, 0.2) is 95.9 Å². The van der Waals surface area contributed by atoms with Crippen molar-refractivity contribution in [3.63, 3.8) is 0 Å². The number of urea groups is 1. The van der Waals surface area contributed by atoms with Crippen molar-refractivity contribution in [3.05, 3.63) is 96.6 Å². The van der Waals surface area contributed by atoms with Gasteiger partial charge in [-0.25, -0.2) is 9.69 Å². The van der Waals surface area contributed by atoms with Gasteiger partial charge in [-0.2, -0.15) is 0 Å². The zero-order valence-corrected chi connectivity index (χ0v) is 16.0. The van der Waals surface area contributed by atoms with E-state index in [1.54, 1.807) is 11.8 Å². The third-order valence-electron chi connectivity index (χ3n) is 4.70. The van der Waals surface area contributed by atoms with Crippen LogP contribution in [0, 0.1) is 5.92 Å². The van der Waals surface area contributed by atoms with E-state index in [4.69, 9.17) is 0 Å². The van der Waals surface area contributed by atoms with Gasteiger partial charge in [-0.15, -0.1) is 0 Å². The van der Waals surface area contributed by atoms with Gasteiger partial charge in [0, 0.05) is 10.6 Å². The van der Waals surface area contributed by atoms with Gasteiger partial charge in [0.2, 0.25) is 5.91 Å². The van der Waals surface area contributed by atoms with Crippen LogP contribution in [-0.4, -0.2) is 22.2 Å². The molecule has 4 nitrogen and oxygen atoms in total. The third-order valence-corrected chi connectivity index (χ3v) is 6.02. The van der Waals surface area contributed by atoms with E-state index >= 15 is 0 Å². The largest absolute Gasteiger partial charge is 0.329 e. The van der Waals surface area contributed by atoms with Crippen LogP contribution in [0.1, 0.15) is 5.56 Å². The molecule has 0 aliphatic carbocycles. The van der Waals surface area contributed by atoms with Crippen molar-refractivity contribution in [2.75, 3.05) is 5.32 Å². The molecule has 5 heteroatoms. The summed E-state index contributed by atoms with van der Waals surface area (Å²) in [4.78, 5) is 28.0. The molecule has 2 atom stereocenters. The predicted molar refractivity (Wildman–Crippen MR) is 112 cm³/mol. The summed E-state index contributed by atoms with van der Waals surface area (Å²) in [7, 11) is 0. The Morgan fingerprint density at radius 2 is 1.43 bits per heavy atom. The molecule has 3 aromatic rings. The van der Waals surface area contributed by atoms with Gasteiger partial charge in [-0.3, -0.25) is 4.79 Å². The first-order chi connectivity index (χ1) is 13.7. The number of nitrogens with zero attached hydrogens (tertiary/aromatic N) is 1. The van der Waals surface area contributed by atoms with E-state index < -0.39 is 0 Å². The van der Waals surface area contributed by atoms with Gasteiger partial charge in [0.1, 0.15) is 5.37 Å². The summed E-state index contributed by atoms with van der Waals surface area (Å²) in [6, 6.07) is 28.6. The molecular weight excluding hydrogens is 368 g/mol. The summed E-state index contributed by atoms with van der Waals surface area (Å²) < 4.78 is 0. The van der Waals surface area contributed by atoms with Gasteiger partial charge in [0.25, 0.3) is 0 Å². The smallest absolute Gasteiger partial charge is 0.307 e. The first-order valence-electron chi connectivity index (χ1n) is 9.17. The Labute approximate surface area is 168 Å². The maximum absolute atomic E-state index is 12.9. The summed E-state index contributed by atoms with van der Waals surface area (Å²) in [5.41, 5.74) is 1.78. The lowest BCUT2D eigenvalue weighted by molar-refractivity contribution is -0.144. The number of carbonyl (C=O) groups excluding carboxylic acids is 2. The fourth-order valence-electron chi connectivity index (χ4n) is 3.27. The minimum atomic E-state index is -0.381. The van der Waals surface area contributed by atoms with Crippen LogP contribution in [0.25, 0.3) is 0 Å². The molecule has 0 radical (unpaired) electrons. The highest BCUT2D eigenvalue weighted by atomic mass is 32.2. The third kappa shape index (κ3) is 3.94. The van der Waals surface area contributed by atoms with Crippen LogP contribution >= 0.6 is 11.8 Å². The highest BCUT2D eigenvalue weighted by molar-refractivity contribution is 8.00. The molecule has 0 aromatic heterocycles. The van der Waals surface area contributed by atoms with Crippen molar-refractivity contribution in [3.8, 4) is 0 Å². The maximum atomic E-state index is 12.9. The highest BCUT2D eigenvalue weighted by Gasteiger charge is 2.51. The van der Waals surface area contributed by atoms with Gasteiger partial charge in [0.05, 0.1) is 5.92 Å². The van der Waals surface area contributed by atoms with E-state index in [0.717, 1.165) is 10.5 Å². The Balaban J connectivity index is 1.54. The number of imide groups is 1. The summed E-state index contributed by atoms with van der Waals surface area (Å²) in [5, 5.41) is 2.59. The number of hydrogen-bond donors (Lipinski definition) is 1. The summed E-state index contributed by atoms with van der Waals surface area (Å²) >= 11 is 1.55. The molecule has 1 fully saturated rings. The van der Waals surface area contributed by atoms with Crippen molar-refractivity contribution in [2.45, 2.75) is 16.7 Å². The Morgan fingerprint density at radius 3 is 2.07 bits per heavy atom. The molecule has 0 spiro atoms. The lowest BCUT2D eigenvalue weighted by atomic mass is 9.91. The van der Waals surface area contributed by atoms with E-state index in [-0.39, 0.29) is 23.2 Å². The molecule has 1 aliphatic heterocycles. The lowest BCUT2D eigenvalue weighted by Gasteiger charge is -2.45. The standard InChI is InChI=1S/C23H20N2O2S/c26-21-20(16-17-10-4-1-5-11-17)22(28-19-14-8-3-9-15-19)25(21)23(27)24-18-12-6-2-7-13-18/h1-15,20,22H,16H2,(H,24,27). The number of para-hydroxylation sites is 1. The minimum absolute atomic E-state index is 0.134. The van der Waals surface area contributed by atoms with E-state index in [9.17, 15) is 9.59 Å². The molecular formula is C23H20N2O2S. The molecule has 4 rings (SSSR count). The Kier molecular flexibility index (Phi) is 5.44. The highest BCUT2D eigenvalue weighted by Crippen LogP contribution is 2.41. The Bertz CT molecular complexity index is 948. The number of amides is 3. The number of benzene rings is 3. The van der Waals surface area contributed by atoms with Gasteiger partial charge in [-0.05, 0) is 36.2 Å². The average Bonchev–Trinajstić information content (AvgIpc) is 2.74. The number of anilines is 1. The molecule has 1 saturated heterocycles. The lowest BCUT2D eigenvalue weighted by Crippen LogP contribution is -2.63. The van der Waals surface area contributed by atoms with Crippen LogP contribution in [-0.2, 0) is 11.2 Å². The van der Waals surface area contributed by atoms with Gasteiger partial charge >= 0.3 is 6.03 Å². The van der Waals surface area contributed by atoms with Crippen molar-refractivity contribution >= 4 is 29.4 Å². The molecule has 3 aromatic carbocycles. The van der Waals surface area contributed by atoms with Gasteiger partial charge in [0.15, 0.2) is 0 Å². The summed E-state index contributed by atoms with van der Waals surface area (Å²) in [6.45, 7) is 0. The fraction of sp³-hybridized carbons (Fsp3) is 0.130. The van der Waals surface area contributed by atoms with Gasteiger partial charge < -0.3 is 5.32 Å². The van der Waals surface area contributed by atoms with Crippen LogP contribution < -0.4 is 5.32 Å². The van der Waals surface area contributed by atoms with Crippen LogP contribution in [0.4, 0.5) is 10.5 Å². The molecule has 28 heavy (non-hydrogen) atoms. The predicted octanol–water partition coefficient (Wildman–Crippen LogP) is 5.04. The molecule has 3 amide bonds. The van der Waals surface area contributed by atoms with Gasteiger partial charge in [-0.1, -0.05) is 78.5 Å². The van der Waals surface area contributed by atoms with E-state index in [0.29, 0.717) is 12.1 Å². The van der Waals surface area contributed by atoms with Crippen LogP contribution in [0.3, 0.4) is 0 Å². The second-order valence-electron chi connectivity index (χ2n) is 6.62. The molecule has 0 bridgehead atoms. The first-order valence-corrected chi connectivity index (χ1v) is 10.0. The molecule has 140 valence electrons. The molecule has 1 heterocycles. The number of nitrogens with one attached hydrogen (secondary N) is 1. The topological polar surface area (TPSA) is 49.4 Å². The van der Waals surface area contributed by atoms with Crippen molar-refractivity contribution in [2.24, 2.45) is 5.92 Å². The maximum Gasteiger partial charge on any atom is 0.329 e. The van der Waals surface area contributed by atoms with Crippen molar-refractivity contribution in [1.29, 1.82) is 0 Å². The number of carbonyl (C=O) groups is 2. The number of rotatable bonds is 5. The quantitative estimate of drug-likeness (QED) is 0.623. The second kappa shape index (κ2) is 8.31. The number of likely N-dealkylation sites (tertiary alicyclic amines) is 1. The second-order valence-corrected chi connectivity index (χ2v) is 7.81. The first kappa shape index (κ1) is 18.3. The number of β-lactam (4-membered cyclic amide) rings is 1. The average molecular weight is 388 g/mol. The van der Waals surface area contributed by atoms with Crippen LogP contribution in [0.5, 0.6) is 0 Å². The molecule has 1 N–H and O–H groups in total. The van der Waals surface area contributed by atoms with E-state index in [1.165, 1.54) is 4.90 Å². The normalized spacial score (nSPS) is 18.4. The van der Waals surface area contributed by atoms with Crippen molar-refractivity contribution in [1.82, 2.24) is 4.90 Å². The van der Waals surface area contributed by atoms with Crippen molar-refractivity contribution < 1.29 is 9.59 Å². The Hall–Kier alpha value is -3.05. The monoisotopic (exact) mass is 388 g/mol. The molecule has 2 unspecified atom stereocenters. The van der Waals surface area contributed by atoms with Crippen LogP contribution in [0.2, 0.25) is 0 Å². The number of thioether (sulfide) groups is 1. The zero-order valence-electron chi connectivity index (χ0n) is 15.2. The SMILES string of the molecule is O=C(Nc1ccccc1)N1C(=O)C(Cc2ccccc2)C1Sc1ccccc1.